The largest absolute Gasteiger partial charge is 0.484 e. The fourth-order valence-electron chi connectivity index (χ4n) is 2.82. The van der Waals surface area contributed by atoms with E-state index >= 15 is 0 Å². The molecule has 0 aliphatic heterocycles. The van der Waals surface area contributed by atoms with E-state index < -0.39 is 51.9 Å². The number of aromatic nitrogens is 1. The van der Waals surface area contributed by atoms with Gasteiger partial charge < -0.3 is 10.5 Å². The van der Waals surface area contributed by atoms with Gasteiger partial charge in [-0.2, -0.15) is 13.2 Å². The summed E-state index contributed by atoms with van der Waals surface area (Å²) in [5.74, 6) is -2.40. The molecule has 1 saturated carbocycles. The molecule has 2 rings (SSSR count). The first kappa shape index (κ1) is 22.1. The van der Waals surface area contributed by atoms with E-state index in [1.807, 2.05) is 0 Å². The Labute approximate surface area is 160 Å². The van der Waals surface area contributed by atoms with Crippen molar-refractivity contribution in [3.63, 3.8) is 0 Å². The maximum absolute atomic E-state index is 12.6. The van der Waals surface area contributed by atoms with E-state index in [9.17, 15) is 31.2 Å². The van der Waals surface area contributed by atoms with E-state index in [2.05, 4.69) is 4.98 Å². The Bertz CT molecular complexity index is 881. The number of ether oxygens (including phenoxy) is 1. The molecular formula is C17H21F3N2O5S. The lowest BCUT2D eigenvalue weighted by Crippen LogP contribution is -2.41. The number of carbonyl (C=O) groups is 2. The lowest BCUT2D eigenvalue weighted by Gasteiger charge is -2.24. The number of nitrogens with two attached hydrogens (primary N) is 1. The van der Waals surface area contributed by atoms with Crippen LogP contribution < -0.4 is 10.5 Å². The number of carbonyl (C=O) groups excluding carboxylic acids is 2. The Kier molecular flexibility index (Phi) is 6.07. The van der Waals surface area contributed by atoms with E-state index in [-0.39, 0.29) is 17.4 Å². The molecule has 156 valence electrons. The molecule has 11 heteroatoms. The minimum absolute atomic E-state index is 0.0287. The summed E-state index contributed by atoms with van der Waals surface area (Å²) in [5, 5.41) is 0. The summed E-state index contributed by atoms with van der Waals surface area (Å²) in [6.07, 6.45) is -1.34. The predicted molar refractivity (Wildman–Crippen MR) is 93.7 cm³/mol. The molecule has 28 heavy (non-hydrogen) atoms. The first-order chi connectivity index (χ1) is 12.7. The zero-order valence-corrected chi connectivity index (χ0v) is 16.2. The molecule has 1 aliphatic rings. The first-order valence-corrected chi connectivity index (χ1v) is 10.5. The van der Waals surface area contributed by atoms with Gasteiger partial charge in [0.2, 0.25) is 5.91 Å². The number of halogens is 3. The maximum atomic E-state index is 12.6. The zero-order valence-electron chi connectivity index (χ0n) is 15.4. The average molecular weight is 422 g/mol. The highest BCUT2D eigenvalue weighted by atomic mass is 32.2. The molecule has 1 fully saturated rings. The number of sulfone groups is 1. The Hall–Kier alpha value is -2.17. The molecule has 0 bridgehead atoms. The van der Waals surface area contributed by atoms with E-state index in [0.29, 0.717) is 5.56 Å². The van der Waals surface area contributed by atoms with Crippen molar-refractivity contribution in [3.05, 3.63) is 23.5 Å². The van der Waals surface area contributed by atoms with E-state index in [4.69, 9.17) is 10.5 Å². The standard InChI is InChI=1S/C17H21F3N2O5S/c1-16(15(21)24,9-28(2,25)26)6-13(23)12-5-14(27-8-17(18,19)20)11(7-22-12)10-3-4-10/h5,7,10H,3-4,6,8-9H2,1-2H3,(H2,21,24). The molecule has 1 aromatic heterocycles. The fraction of sp³-hybridized carbons (Fsp3) is 0.588. The highest BCUT2D eigenvalue weighted by molar-refractivity contribution is 7.90. The van der Waals surface area contributed by atoms with Gasteiger partial charge >= 0.3 is 6.18 Å². The van der Waals surface area contributed by atoms with Crippen LogP contribution in [-0.4, -0.2) is 49.9 Å². The second kappa shape index (κ2) is 7.69. The Morgan fingerprint density at radius 3 is 2.39 bits per heavy atom. The first-order valence-electron chi connectivity index (χ1n) is 8.40. The van der Waals surface area contributed by atoms with E-state index in [1.54, 1.807) is 0 Å². The van der Waals surface area contributed by atoms with Crippen molar-refractivity contribution in [2.75, 3.05) is 18.6 Å². The Balaban J connectivity index is 2.28. The number of pyridine rings is 1. The third-order valence-electron chi connectivity index (χ3n) is 4.32. The molecular weight excluding hydrogens is 401 g/mol. The molecule has 1 heterocycles. The Morgan fingerprint density at radius 1 is 1.32 bits per heavy atom. The van der Waals surface area contributed by atoms with Crippen molar-refractivity contribution in [1.29, 1.82) is 0 Å². The molecule has 2 N–H and O–H groups in total. The van der Waals surface area contributed by atoms with Crippen molar-refractivity contribution >= 4 is 21.5 Å². The fourth-order valence-corrected chi connectivity index (χ4v) is 4.22. The van der Waals surface area contributed by atoms with Gasteiger partial charge in [-0.25, -0.2) is 8.42 Å². The van der Waals surface area contributed by atoms with Crippen LogP contribution in [0.15, 0.2) is 12.3 Å². The maximum Gasteiger partial charge on any atom is 0.422 e. The summed E-state index contributed by atoms with van der Waals surface area (Å²) in [6.45, 7) is -0.272. The lowest BCUT2D eigenvalue weighted by molar-refractivity contribution is -0.153. The molecule has 0 radical (unpaired) electrons. The number of amides is 1. The number of Topliss-reactive ketones (excluding diaryl/α,β-unsaturated/α-hetero) is 1. The summed E-state index contributed by atoms with van der Waals surface area (Å²) in [5.41, 5.74) is 3.87. The third kappa shape index (κ3) is 6.18. The third-order valence-corrected chi connectivity index (χ3v) is 5.48. The minimum Gasteiger partial charge on any atom is -0.484 e. The predicted octanol–water partition coefficient (Wildman–Crippen LogP) is 2.01. The molecule has 1 aromatic rings. The van der Waals surface area contributed by atoms with E-state index in [0.717, 1.165) is 25.2 Å². The van der Waals surface area contributed by atoms with Crippen LogP contribution in [0.5, 0.6) is 5.75 Å². The second-order valence-electron chi connectivity index (χ2n) is 7.38. The number of ketones is 1. The zero-order chi connectivity index (χ0) is 21.3. The molecule has 0 aromatic carbocycles. The number of alkyl halides is 3. The molecule has 7 nitrogen and oxygen atoms in total. The van der Waals surface area contributed by atoms with Crippen LogP contribution in [0.1, 0.15) is 48.2 Å². The van der Waals surface area contributed by atoms with Gasteiger partial charge in [-0.05, 0) is 25.7 Å². The molecule has 1 unspecified atom stereocenters. The van der Waals surface area contributed by atoms with Gasteiger partial charge in [-0.1, -0.05) is 0 Å². The summed E-state index contributed by atoms with van der Waals surface area (Å²) in [7, 11) is -3.62. The number of hydrogen-bond donors (Lipinski definition) is 1. The highest BCUT2D eigenvalue weighted by Crippen LogP contribution is 2.44. The molecule has 1 amide bonds. The van der Waals surface area contributed by atoms with Crippen LogP contribution in [0.3, 0.4) is 0 Å². The van der Waals surface area contributed by atoms with Crippen molar-refractivity contribution in [1.82, 2.24) is 4.98 Å². The van der Waals surface area contributed by atoms with Gasteiger partial charge in [0.15, 0.2) is 12.4 Å². The molecule has 1 aliphatic carbocycles. The van der Waals surface area contributed by atoms with Gasteiger partial charge in [0.25, 0.3) is 0 Å². The minimum atomic E-state index is -4.55. The average Bonchev–Trinajstić information content (AvgIpc) is 3.34. The van der Waals surface area contributed by atoms with Gasteiger partial charge in [-0.15, -0.1) is 0 Å². The number of hydrogen-bond acceptors (Lipinski definition) is 6. The van der Waals surface area contributed by atoms with Crippen LogP contribution >= 0.6 is 0 Å². The van der Waals surface area contributed by atoms with Crippen LogP contribution in [-0.2, 0) is 14.6 Å². The SMILES string of the molecule is CC(CC(=O)c1cc(OCC(F)(F)F)c(C2CC2)cn1)(CS(C)(=O)=O)C(N)=O. The van der Waals surface area contributed by atoms with E-state index in [1.165, 1.54) is 13.1 Å². The smallest absolute Gasteiger partial charge is 0.422 e. The van der Waals surface area contributed by atoms with Crippen molar-refractivity contribution in [3.8, 4) is 5.75 Å². The summed E-state index contributed by atoms with van der Waals surface area (Å²) < 4.78 is 65.5. The van der Waals surface area contributed by atoms with Crippen LogP contribution in [0.2, 0.25) is 0 Å². The summed E-state index contributed by atoms with van der Waals surface area (Å²) in [4.78, 5) is 28.3. The lowest BCUT2D eigenvalue weighted by atomic mass is 9.85. The Morgan fingerprint density at radius 2 is 1.93 bits per heavy atom. The summed E-state index contributed by atoms with van der Waals surface area (Å²) in [6, 6.07) is 1.10. The molecule has 0 saturated heterocycles. The van der Waals surface area contributed by atoms with Crippen molar-refractivity contribution in [2.24, 2.45) is 11.1 Å². The molecule has 0 spiro atoms. The summed E-state index contributed by atoms with van der Waals surface area (Å²) >= 11 is 0. The monoisotopic (exact) mass is 422 g/mol. The van der Waals surface area contributed by atoms with Crippen LogP contribution in [0.4, 0.5) is 13.2 Å². The highest BCUT2D eigenvalue weighted by Gasteiger charge is 2.38. The van der Waals surface area contributed by atoms with Gasteiger partial charge in [0.1, 0.15) is 21.3 Å². The van der Waals surface area contributed by atoms with Gasteiger partial charge in [0.05, 0.1) is 11.2 Å². The normalized spacial score (nSPS) is 17.0. The van der Waals surface area contributed by atoms with Gasteiger partial charge in [-0.3, -0.25) is 14.6 Å². The second-order valence-corrected chi connectivity index (χ2v) is 9.52. The topological polar surface area (TPSA) is 116 Å². The number of primary amides is 1. The van der Waals surface area contributed by atoms with Crippen molar-refractivity contribution in [2.45, 2.75) is 38.3 Å². The molecule has 1 atom stereocenters. The quantitative estimate of drug-likeness (QED) is 0.609. The number of nitrogens with zero attached hydrogens (tertiary/aromatic N) is 1. The van der Waals surface area contributed by atoms with Crippen LogP contribution in [0, 0.1) is 5.41 Å². The number of rotatable bonds is 9. The van der Waals surface area contributed by atoms with Crippen molar-refractivity contribution < 1.29 is 35.9 Å². The van der Waals surface area contributed by atoms with Gasteiger partial charge in [0, 0.05) is 30.5 Å². The van der Waals surface area contributed by atoms with Crippen LogP contribution in [0.25, 0.3) is 0 Å².